The first-order chi connectivity index (χ1) is 11.6. The molecule has 24 heavy (non-hydrogen) atoms. The predicted molar refractivity (Wildman–Crippen MR) is 91.7 cm³/mol. The molecule has 0 fully saturated rings. The van der Waals surface area contributed by atoms with E-state index in [9.17, 15) is 9.59 Å². The SMILES string of the molecule is O=C(COC(=O)c1cc(Cl)ccc1Cl)NCCOc1ccccc1. The van der Waals surface area contributed by atoms with Gasteiger partial charge in [-0.2, -0.15) is 0 Å². The molecule has 0 unspecified atom stereocenters. The lowest BCUT2D eigenvalue weighted by molar-refractivity contribution is -0.124. The van der Waals surface area contributed by atoms with Crippen LogP contribution in [-0.4, -0.2) is 31.6 Å². The maximum atomic E-state index is 11.9. The van der Waals surface area contributed by atoms with Crippen LogP contribution in [0.4, 0.5) is 0 Å². The van der Waals surface area contributed by atoms with Gasteiger partial charge in [0, 0.05) is 5.02 Å². The highest BCUT2D eigenvalue weighted by Gasteiger charge is 2.14. The van der Waals surface area contributed by atoms with Crippen molar-refractivity contribution in [2.24, 2.45) is 0 Å². The van der Waals surface area contributed by atoms with Gasteiger partial charge in [0.25, 0.3) is 5.91 Å². The number of nitrogens with one attached hydrogen (secondary N) is 1. The zero-order valence-electron chi connectivity index (χ0n) is 12.6. The average Bonchev–Trinajstić information content (AvgIpc) is 2.59. The summed E-state index contributed by atoms with van der Waals surface area (Å²) in [5.41, 5.74) is 0.115. The van der Waals surface area contributed by atoms with Crippen molar-refractivity contribution in [2.75, 3.05) is 19.8 Å². The van der Waals surface area contributed by atoms with E-state index in [0.29, 0.717) is 23.9 Å². The minimum Gasteiger partial charge on any atom is -0.492 e. The fourth-order valence-electron chi connectivity index (χ4n) is 1.79. The van der Waals surface area contributed by atoms with Gasteiger partial charge in [-0.3, -0.25) is 4.79 Å². The van der Waals surface area contributed by atoms with Crippen LogP contribution in [0.2, 0.25) is 10.0 Å². The van der Waals surface area contributed by atoms with Gasteiger partial charge in [-0.15, -0.1) is 0 Å². The van der Waals surface area contributed by atoms with E-state index in [1.54, 1.807) is 6.07 Å². The van der Waals surface area contributed by atoms with E-state index >= 15 is 0 Å². The van der Waals surface area contributed by atoms with Gasteiger partial charge in [0.15, 0.2) is 6.61 Å². The number of esters is 1. The van der Waals surface area contributed by atoms with Crippen molar-refractivity contribution >= 4 is 35.1 Å². The van der Waals surface area contributed by atoms with E-state index in [2.05, 4.69) is 5.32 Å². The molecule has 0 saturated carbocycles. The van der Waals surface area contributed by atoms with Crippen LogP contribution in [0.5, 0.6) is 5.75 Å². The van der Waals surface area contributed by atoms with Crippen molar-refractivity contribution in [3.63, 3.8) is 0 Å². The Bertz CT molecular complexity index is 707. The summed E-state index contributed by atoms with van der Waals surface area (Å²) in [6.45, 7) is 0.194. The predicted octanol–water partition coefficient (Wildman–Crippen LogP) is 3.35. The summed E-state index contributed by atoms with van der Waals surface area (Å²) in [4.78, 5) is 23.5. The molecule has 2 aromatic carbocycles. The summed E-state index contributed by atoms with van der Waals surface area (Å²) in [6, 6.07) is 13.7. The molecule has 0 aromatic heterocycles. The number of ether oxygens (including phenoxy) is 2. The Morgan fingerprint density at radius 2 is 1.79 bits per heavy atom. The summed E-state index contributed by atoms with van der Waals surface area (Å²) in [5, 5.41) is 3.15. The largest absolute Gasteiger partial charge is 0.492 e. The standard InChI is InChI=1S/C17H15Cl2NO4/c18-12-6-7-15(19)14(10-12)17(22)24-11-16(21)20-8-9-23-13-4-2-1-3-5-13/h1-7,10H,8-9,11H2,(H,20,21). The molecule has 1 N–H and O–H groups in total. The number of carbonyl (C=O) groups excluding carboxylic acids is 2. The van der Waals surface area contributed by atoms with Crippen LogP contribution in [0.1, 0.15) is 10.4 Å². The second kappa shape index (κ2) is 9.15. The Morgan fingerprint density at radius 1 is 1.04 bits per heavy atom. The molecule has 0 spiro atoms. The van der Waals surface area contributed by atoms with Gasteiger partial charge in [0.05, 0.1) is 17.1 Å². The van der Waals surface area contributed by atoms with Crippen LogP contribution in [-0.2, 0) is 9.53 Å². The number of halogens is 2. The number of benzene rings is 2. The minimum atomic E-state index is -0.710. The van der Waals surface area contributed by atoms with Crippen LogP contribution in [0.3, 0.4) is 0 Å². The molecule has 5 nitrogen and oxygen atoms in total. The lowest BCUT2D eigenvalue weighted by Crippen LogP contribution is -2.32. The number of rotatable bonds is 7. The Hall–Kier alpha value is -2.24. The van der Waals surface area contributed by atoms with Gasteiger partial charge in [0.1, 0.15) is 12.4 Å². The molecule has 126 valence electrons. The monoisotopic (exact) mass is 367 g/mol. The summed E-state index contributed by atoms with van der Waals surface area (Å²) < 4.78 is 10.3. The van der Waals surface area contributed by atoms with Crippen LogP contribution in [0.25, 0.3) is 0 Å². The van der Waals surface area contributed by atoms with Crippen molar-refractivity contribution in [1.29, 1.82) is 0 Å². The van der Waals surface area contributed by atoms with E-state index < -0.39 is 18.5 Å². The highest BCUT2D eigenvalue weighted by molar-refractivity contribution is 6.35. The summed E-state index contributed by atoms with van der Waals surface area (Å²) in [6.07, 6.45) is 0. The van der Waals surface area contributed by atoms with Gasteiger partial charge in [-0.25, -0.2) is 4.79 Å². The lowest BCUT2D eigenvalue weighted by atomic mass is 10.2. The Balaban J connectivity index is 1.69. The molecule has 0 bridgehead atoms. The number of hydrogen-bond acceptors (Lipinski definition) is 4. The first-order valence-corrected chi connectivity index (χ1v) is 7.88. The highest BCUT2D eigenvalue weighted by Crippen LogP contribution is 2.21. The van der Waals surface area contributed by atoms with Crippen molar-refractivity contribution in [3.8, 4) is 5.75 Å². The maximum absolute atomic E-state index is 11.9. The van der Waals surface area contributed by atoms with Gasteiger partial charge in [-0.1, -0.05) is 41.4 Å². The molecule has 0 radical (unpaired) electrons. The second-order valence-electron chi connectivity index (χ2n) is 4.71. The third-order valence-electron chi connectivity index (χ3n) is 2.92. The summed E-state index contributed by atoms with van der Waals surface area (Å²) in [7, 11) is 0. The first-order valence-electron chi connectivity index (χ1n) is 7.13. The average molecular weight is 368 g/mol. The molecule has 7 heteroatoms. The third kappa shape index (κ3) is 5.76. The number of carbonyl (C=O) groups is 2. The van der Waals surface area contributed by atoms with E-state index in [-0.39, 0.29) is 10.6 Å². The zero-order chi connectivity index (χ0) is 17.4. The maximum Gasteiger partial charge on any atom is 0.340 e. The Labute approximate surface area is 149 Å². The highest BCUT2D eigenvalue weighted by atomic mass is 35.5. The van der Waals surface area contributed by atoms with Gasteiger partial charge in [-0.05, 0) is 30.3 Å². The molecule has 0 aliphatic rings. The fourth-order valence-corrected chi connectivity index (χ4v) is 2.16. The summed E-state index contributed by atoms with van der Waals surface area (Å²) in [5.74, 6) is -0.426. The third-order valence-corrected chi connectivity index (χ3v) is 3.48. The molecule has 0 heterocycles. The van der Waals surface area contributed by atoms with E-state index in [1.807, 2.05) is 30.3 Å². The molecular formula is C17H15Cl2NO4. The smallest absolute Gasteiger partial charge is 0.340 e. The second-order valence-corrected chi connectivity index (χ2v) is 5.56. The van der Waals surface area contributed by atoms with E-state index in [1.165, 1.54) is 12.1 Å². The first kappa shape index (κ1) is 18.1. The number of para-hydroxylation sites is 1. The van der Waals surface area contributed by atoms with E-state index in [0.717, 1.165) is 0 Å². The Morgan fingerprint density at radius 3 is 2.54 bits per heavy atom. The molecule has 0 saturated heterocycles. The topological polar surface area (TPSA) is 64.6 Å². The van der Waals surface area contributed by atoms with Gasteiger partial charge in [0.2, 0.25) is 0 Å². The van der Waals surface area contributed by atoms with Crippen LogP contribution in [0.15, 0.2) is 48.5 Å². The van der Waals surface area contributed by atoms with Gasteiger partial charge < -0.3 is 14.8 Å². The van der Waals surface area contributed by atoms with Crippen molar-refractivity contribution in [3.05, 3.63) is 64.1 Å². The van der Waals surface area contributed by atoms with Crippen molar-refractivity contribution < 1.29 is 19.1 Å². The lowest BCUT2D eigenvalue weighted by Gasteiger charge is -2.09. The summed E-state index contributed by atoms with van der Waals surface area (Å²) >= 11 is 11.7. The van der Waals surface area contributed by atoms with E-state index in [4.69, 9.17) is 32.7 Å². The normalized spacial score (nSPS) is 10.1. The zero-order valence-corrected chi connectivity index (χ0v) is 14.1. The van der Waals surface area contributed by atoms with Crippen LogP contribution < -0.4 is 10.1 Å². The molecule has 0 atom stereocenters. The molecule has 1 amide bonds. The van der Waals surface area contributed by atoms with Crippen LogP contribution >= 0.6 is 23.2 Å². The quantitative estimate of drug-likeness (QED) is 0.601. The molecule has 2 rings (SSSR count). The molecular weight excluding hydrogens is 353 g/mol. The Kier molecular flexibility index (Phi) is 6.90. The number of amides is 1. The fraction of sp³-hybridized carbons (Fsp3) is 0.176. The number of hydrogen-bond donors (Lipinski definition) is 1. The van der Waals surface area contributed by atoms with Gasteiger partial charge >= 0.3 is 5.97 Å². The van der Waals surface area contributed by atoms with Crippen molar-refractivity contribution in [1.82, 2.24) is 5.32 Å². The molecule has 0 aliphatic heterocycles. The molecule has 2 aromatic rings. The van der Waals surface area contributed by atoms with Crippen molar-refractivity contribution in [2.45, 2.75) is 0 Å². The van der Waals surface area contributed by atoms with Crippen LogP contribution in [0, 0.1) is 0 Å². The minimum absolute atomic E-state index is 0.115. The molecule has 0 aliphatic carbocycles.